The van der Waals surface area contributed by atoms with Crippen LogP contribution in [0.3, 0.4) is 0 Å². The summed E-state index contributed by atoms with van der Waals surface area (Å²) in [6, 6.07) is 9.33. The fourth-order valence-electron chi connectivity index (χ4n) is 1.50. The van der Waals surface area contributed by atoms with Gasteiger partial charge in [-0.3, -0.25) is 0 Å². The molecule has 0 amide bonds. The molecule has 2 aromatic rings. The van der Waals surface area contributed by atoms with Crippen LogP contribution in [0.4, 0.5) is 0 Å². The molecular formula is C13H12N2O2. The van der Waals surface area contributed by atoms with Gasteiger partial charge < -0.3 is 4.74 Å². The number of benzene rings is 1. The predicted molar refractivity (Wildman–Crippen MR) is 63.5 cm³/mol. The van der Waals surface area contributed by atoms with E-state index in [-0.39, 0.29) is 5.69 Å². The van der Waals surface area contributed by atoms with Gasteiger partial charge in [0.1, 0.15) is 0 Å². The first kappa shape index (κ1) is 11.3. The zero-order chi connectivity index (χ0) is 12.3. The van der Waals surface area contributed by atoms with Crippen LogP contribution < -0.4 is 0 Å². The van der Waals surface area contributed by atoms with Crippen molar-refractivity contribution in [3.8, 4) is 11.4 Å². The minimum absolute atomic E-state index is 0.263. The summed E-state index contributed by atoms with van der Waals surface area (Å²) in [7, 11) is 1.33. The number of rotatable bonds is 2. The Kier molecular flexibility index (Phi) is 3.14. The van der Waals surface area contributed by atoms with Gasteiger partial charge in [0.05, 0.1) is 7.11 Å². The molecule has 4 nitrogen and oxygen atoms in total. The molecule has 0 radical (unpaired) electrons. The summed E-state index contributed by atoms with van der Waals surface area (Å²) in [5, 5.41) is 0. The average molecular weight is 228 g/mol. The largest absolute Gasteiger partial charge is 0.464 e. The maximum Gasteiger partial charge on any atom is 0.356 e. The molecule has 1 heterocycles. The smallest absolute Gasteiger partial charge is 0.356 e. The first-order valence-corrected chi connectivity index (χ1v) is 5.19. The predicted octanol–water partition coefficient (Wildman–Crippen LogP) is 2.24. The van der Waals surface area contributed by atoms with Gasteiger partial charge in [-0.1, -0.05) is 23.8 Å². The lowest BCUT2D eigenvalue weighted by Crippen LogP contribution is -2.05. The van der Waals surface area contributed by atoms with Crippen LogP contribution >= 0.6 is 0 Å². The van der Waals surface area contributed by atoms with Gasteiger partial charge in [0, 0.05) is 11.8 Å². The first-order valence-electron chi connectivity index (χ1n) is 5.19. The number of methoxy groups -OCH3 is 1. The second-order valence-electron chi connectivity index (χ2n) is 3.63. The van der Waals surface area contributed by atoms with Crippen molar-refractivity contribution in [3.63, 3.8) is 0 Å². The zero-order valence-corrected chi connectivity index (χ0v) is 9.68. The first-order chi connectivity index (χ1) is 8.20. The van der Waals surface area contributed by atoms with Crippen LogP contribution in [-0.4, -0.2) is 23.0 Å². The summed E-state index contributed by atoms with van der Waals surface area (Å²) < 4.78 is 4.62. The Bertz CT molecular complexity index is 553. The minimum Gasteiger partial charge on any atom is -0.464 e. The normalized spacial score (nSPS) is 10.0. The fraction of sp³-hybridized carbons (Fsp3) is 0.154. The van der Waals surface area contributed by atoms with Crippen molar-refractivity contribution in [1.82, 2.24) is 9.97 Å². The van der Waals surface area contributed by atoms with Gasteiger partial charge in [0.25, 0.3) is 0 Å². The van der Waals surface area contributed by atoms with E-state index >= 15 is 0 Å². The Balaban J connectivity index is 2.43. The third-order valence-electron chi connectivity index (χ3n) is 2.33. The van der Waals surface area contributed by atoms with Gasteiger partial charge in [0.2, 0.25) is 0 Å². The standard InChI is InChI=1S/C13H12N2O2/c1-9-4-3-5-10(8-9)12-14-7-6-11(15-12)13(16)17-2/h3-8H,1-2H3. The summed E-state index contributed by atoms with van der Waals surface area (Å²) in [6.45, 7) is 1.99. The van der Waals surface area contributed by atoms with Crippen LogP contribution in [0, 0.1) is 6.92 Å². The van der Waals surface area contributed by atoms with Crippen molar-refractivity contribution in [3.05, 3.63) is 47.8 Å². The molecule has 2 rings (SSSR count). The van der Waals surface area contributed by atoms with Crippen LogP contribution in [0.15, 0.2) is 36.5 Å². The van der Waals surface area contributed by atoms with E-state index in [0.717, 1.165) is 11.1 Å². The summed E-state index contributed by atoms with van der Waals surface area (Å²) in [4.78, 5) is 19.7. The number of aromatic nitrogens is 2. The molecule has 0 bridgehead atoms. The van der Waals surface area contributed by atoms with Gasteiger partial charge in [-0.2, -0.15) is 0 Å². The van der Waals surface area contributed by atoms with Crippen molar-refractivity contribution < 1.29 is 9.53 Å². The third kappa shape index (κ3) is 2.47. The van der Waals surface area contributed by atoms with E-state index in [1.165, 1.54) is 13.2 Å². The van der Waals surface area contributed by atoms with Crippen molar-refractivity contribution in [2.75, 3.05) is 7.11 Å². The van der Waals surface area contributed by atoms with Gasteiger partial charge in [-0.15, -0.1) is 0 Å². The van der Waals surface area contributed by atoms with E-state index in [0.29, 0.717) is 5.82 Å². The highest BCUT2D eigenvalue weighted by molar-refractivity contribution is 5.87. The second-order valence-corrected chi connectivity index (χ2v) is 3.63. The van der Waals surface area contributed by atoms with Crippen molar-refractivity contribution in [2.24, 2.45) is 0 Å². The highest BCUT2D eigenvalue weighted by Gasteiger charge is 2.09. The quantitative estimate of drug-likeness (QED) is 0.740. The number of carbonyl (C=O) groups is 1. The Morgan fingerprint density at radius 3 is 2.82 bits per heavy atom. The van der Waals surface area contributed by atoms with E-state index in [1.54, 1.807) is 6.20 Å². The summed E-state index contributed by atoms with van der Waals surface area (Å²) >= 11 is 0. The van der Waals surface area contributed by atoms with Crippen LogP contribution in [0.5, 0.6) is 0 Å². The van der Waals surface area contributed by atoms with Crippen molar-refractivity contribution in [1.29, 1.82) is 0 Å². The van der Waals surface area contributed by atoms with E-state index in [4.69, 9.17) is 0 Å². The molecule has 1 aromatic carbocycles. The van der Waals surface area contributed by atoms with E-state index in [1.807, 2.05) is 31.2 Å². The van der Waals surface area contributed by atoms with Crippen LogP contribution in [-0.2, 0) is 4.74 Å². The fourth-order valence-corrected chi connectivity index (χ4v) is 1.50. The van der Waals surface area contributed by atoms with Gasteiger partial charge >= 0.3 is 5.97 Å². The molecular weight excluding hydrogens is 216 g/mol. The number of carbonyl (C=O) groups excluding carboxylic acids is 1. The molecule has 0 spiro atoms. The molecule has 0 aliphatic rings. The molecule has 86 valence electrons. The maximum atomic E-state index is 11.4. The number of nitrogens with zero attached hydrogens (tertiary/aromatic N) is 2. The van der Waals surface area contributed by atoms with Gasteiger partial charge in [-0.05, 0) is 19.1 Å². The number of hydrogen-bond acceptors (Lipinski definition) is 4. The SMILES string of the molecule is COC(=O)c1ccnc(-c2cccc(C)c2)n1. The minimum atomic E-state index is -0.457. The number of hydrogen-bond donors (Lipinski definition) is 0. The monoisotopic (exact) mass is 228 g/mol. The van der Waals surface area contributed by atoms with E-state index in [9.17, 15) is 4.79 Å². The Morgan fingerprint density at radius 2 is 2.12 bits per heavy atom. The number of ether oxygens (including phenoxy) is 1. The lowest BCUT2D eigenvalue weighted by molar-refractivity contribution is 0.0594. The van der Waals surface area contributed by atoms with Crippen molar-refractivity contribution in [2.45, 2.75) is 6.92 Å². The Morgan fingerprint density at radius 1 is 1.29 bits per heavy atom. The lowest BCUT2D eigenvalue weighted by atomic mass is 10.1. The molecule has 0 atom stereocenters. The van der Waals surface area contributed by atoms with Crippen LogP contribution in [0.1, 0.15) is 16.1 Å². The number of aryl methyl sites for hydroxylation is 1. The Labute approximate surface area is 99.3 Å². The van der Waals surface area contributed by atoms with Crippen LogP contribution in [0.2, 0.25) is 0 Å². The lowest BCUT2D eigenvalue weighted by Gasteiger charge is -2.03. The molecule has 17 heavy (non-hydrogen) atoms. The van der Waals surface area contributed by atoms with Crippen molar-refractivity contribution >= 4 is 5.97 Å². The Hall–Kier alpha value is -2.23. The maximum absolute atomic E-state index is 11.4. The highest BCUT2D eigenvalue weighted by atomic mass is 16.5. The molecule has 0 aliphatic heterocycles. The molecule has 0 saturated carbocycles. The highest BCUT2D eigenvalue weighted by Crippen LogP contribution is 2.16. The summed E-state index contributed by atoms with van der Waals surface area (Å²) in [5.41, 5.74) is 2.27. The molecule has 0 N–H and O–H groups in total. The topological polar surface area (TPSA) is 52.1 Å². The summed E-state index contributed by atoms with van der Waals surface area (Å²) in [6.07, 6.45) is 1.55. The molecule has 0 saturated heterocycles. The molecule has 0 aliphatic carbocycles. The van der Waals surface area contributed by atoms with Crippen LogP contribution in [0.25, 0.3) is 11.4 Å². The summed E-state index contributed by atoms with van der Waals surface area (Å²) in [5.74, 6) is 0.0675. The van der Waals surface area contributed by atoms with Gasteiger partial charge in [-0.25, -0.2) is 14.8 Å². The van der Waals surface area contributed by atoms with E-state index in [2.05, 4.69) is 14.7 Å². The second kappa shape index (κ2) is 4.74. The zero-order valence-electron chi connectivity index (χ0n) is 9.68. The van der Waals surface area contributed by atoms with Gasteiger partial charge in [0.15, 0.2) is 11.5 Å². The molecule has 0 unspecified atom stereocenters. The third-order valence-corrected chi connectivity index (χ3v) is 2.33. The average Bonchev–Trinajstić information content (AvgIpc) is 2.38. The number of esters is 1. The van der Waals surface area contributed by atoms with E-state index < -0.39 is 5.97 Å². The molecule has 0 fully saturated rings. The molecule has 1 aromatic heterocycles. The molecule has 4 heteroatoms.